The van der Waals surface area contributed by atoms with Crippen molar-refractivity contribution in [2.24, 2.45) is 5.41 Å². The average molecular weight is 387 g/mol. The minimum atomic E-state index is -3.42. The number of carbonyl (C=O) groups excluding carboxylic acids is 1. The van der Waals surface area contributed by atoms with Crippen molar-refractivity contribution in [1.82, 2.24) is 0 Å². The van der Waals surface area contributed by atoms with Crippen LogP contribution in [0.2, 0.25) is 0 Å². The maximum absolute atomic E-state index is 13.1. The van der Waals surface area contributed by atoms with Gasteiger partial charge in [-0.15, -0.1) is 12.6 Å². The highest BCUT2D eigenvalue weighted by Crippen LogP contribution is 2.42. The van der Waals surface area contributed by atoms with E-state index in [0.717, 1.165) is 28.9 Å². The Hall–Kier alpha value is -1.59. The van der Waals surface area contributed by atoms with Crippen molar-refractivity contribution >= 4 is 28.2 Å². The first-order chi connectivity index (χ1) is 12.2. The predicted molar refractivity (Wildman–Crippen MR) is 106 cm³/mol. The Morgan fingerprint density at radius 1 is 0.923 bits per heavy atom. The molecule has 4 rings (SSSR count). The first kappa shape index (κ1) is 17.8. The number of ketones is 1. The van der Waals surface area contributed by atoms with Gasteiger partial charge in [-0.25, -0.2) is 8.42 Å². The Morgan fingerprint density at radius 3 is 2.15 bits per heavy atom. The van der Waals surface area contributed by atoms with E-state index in [4.69, 9.17) is 0 Å². The number of carbonyl (C=O) groups is 1. The van der Waals surface area contributed by atoms with Crippen LogP contribution >= 0.6 is 12.6 Å². The van der Waals surface area contributed by atoms with E-state index < -0.39 is 9.84 Å². The molecule has 1 saturated carbocycles. The number of rotatable bonds is 2. The maximum atomic E-state index is 13.1. The smallest absolute Gasteiger partial charge is 0.194 e. The van der Waals surface area contributed by atoms with Crippen LogP contribution in [0, 0.1) is 5.41 Å². The van der Waals surface area contributed by atoms with Crippen LogP contribution in [0.25, 0.3) is 11.1 Å². The Kier molecular flexibility index (Phi) is 4.08. The maximum Gasteiger partial charge on any atom is 0.194 e. The highest BCUT2D eigenvalue weighted by molar-refractivity contribution is 7.92. The number of benzene rings is 2. The van der Waals surface area contributed by atoms with Crippen molar-refractivity contribution in [2.75, 3.05) is 0 Å². The summed E-state index contributed by atoms with van der Waals surface area (Å²) in [5, 5.41) is -0.350. The van der Waals surface area contributed by atoms with Gasteiger partial charge >= 0.3 is 0 Å². The van der Waals surface area contributed by atoms with Crippen LogP contribution in [0.5, 0.6) is 0 Å². The number of sulfone groups is 1. The van der Waals surface area contributed by atoms with Crippen molar-refractivity contribution in [1.29, 1.82) is 0 Å². The summed E-state index contributed by atoms with van der Waals surface area (Å²) in [6, 6.07) is 10.5. The van der Waals surface area contributed by atoms with Crippen molar-refractivity contribution < 1.29 is 13.2 Å². The fourth-order valence-corrected chi connectivity index (χ4v) is 6.08. The molecule has 2 aliphatic carbocycles. The summed E-state index contributed by atoms with van der Waals surface area (Å²) in [5.74, 6) is -0.118. The zero-order valence-corrected chi connectivity index (χ0v) is 16.7. The summed E-state index contributed by atoms with van der Waals surface area (Å²) < 4.78 is 26.2. The molecule has 0 saturated heterocycles. The normalized spacial score (nSPS) is 19.3. The lowest BCUT2D eigenvalue weighted by Gasteiger charge is -2.34. The van der Waals surface area contributed by atoms with Crippen LogP contribution in [0.3, 0.4) is 0 Å². The van der Waals surface area contributed by atoms with Gasteiger partial charge < -0.3 is 0 Å². The molecule has 2 aliphatic rings. The molecule has 0 atom stereocenters. The lowest BCUT2D eigenvalue weighted by molar-refractivity contribution is 0.104. The molecule has 26 heavy (non-hydrogen) atoms. The molecule has 0 radical (unpaired) electrons. The fourth-order valence-electron chi connectivity index (χ4n) is 4.10. The highest BCUT2D eigenvalue weighted by Gasteiger charge is 2.36. The first-order valence-electron chi connectivity index (χ1n) is 8.95. The summed E-state index contributed by atoms with van der Waals surface area (Å²) in [6.07, 6.45) is 3.20. The van der Waals surface area contributed by atoms with Crippen LogP contribution in [-0.2, 0) is 9.84 Å². The monoisotopic (exact) mass is 386 g/mol. The van der Waals surface area contributed by atoms with Crippen LogP contribution in [0.4, 0.5) is 0 Å². The van der Waals surface area contributed by atoms with E-state index in [2.05, 4.69) is 26.5 Å². The Labute approximate surface area is 160 Å². The van der Waals surface area contributed by atoms with E-state index in [9.17, 15) is 13.2 Å². The van der Waals surface area contributed by atoms with E-state index in [1.54, 1.807) is 24.3 Å². The Balaban J connectivity index is 1.71. The lowest BCUT2D eigenvalue weighted by Crippen LogP contribution is -2.30. The van der Waals surface area contributed by atoms with Gasteiger partial charge in [-0.1, -0.05) is 26.0 Å². The van der Waals surface area contributed by atoms with Gasteiger partial charge in [-0.2, -0.15) is 0 Å². The molecule has 0 N–H and O–H groups in total. The van der Waals surface area contributed by atoms with Crippen LogP contribution in [0.1, 0.15) is 55.5 Å². The SMILES string of the molecule is CC1(C)CCC(S(=O)(=O)c2ccc3c(c2)C(=O)c2cc(S)ccc2-3)CC1. The van der Waals surface area contributed by atoms with E-state index in [-0.39, 0.29) is 21.3 Å². The minimum absolute atomic E-state index is 0.118. The molecule has 0 unspecified atom stereocenters. The van der Waals surface area contributed by atoms with E-state index >= 15 is 0 Å². The molecule has 0 heterocycles. The molecule has 5 heteroatoms. The molecular weight excluding hydrogens is 364 g/mol. The van der Waals surface area contributed by atoms with Gasteiger partial charge in [0.1, 0.15) is 0 Å². The molecule has 2 aromatic carbocycles. The minimum Gasteiger partial charge on any atom is -0.289 e. The number of thiol groups is 1. The second-order valence-corrected chi connectivity index (χ2v) is 10.9. The fraction of sp³-hybridized carbons (Fsp3) is 0.381. The average Bonchev–Trinajstić information content (AvgIpc) is 2.86. The van der Waals surface area contributed by atoms with Crippen LogP contribution in [-0.4, -0.2) is 19.5 Å². The zero-order valence-electron chi connectivity index (χ0n) is 15.0. The van der Waals surface area contributed by atoms with Crippen molar-refractivity contribution in [3.63, 3.8) is 0 Å². The van der Waals surface area contributed by atoms with Gasteiger partial charge in [0.15, 0.2) is 15.6 Å². The summed E-state index contributed by atoms with van der Waals surface area (Å²) >= 11 is 4.30. The highest BCUT2D eigenvalue weighted by atomic mass is 32.2. The number of hydrogen-bond acceptors (Lipinski definition) is 4. The molecule has 0 aliphatic heterocycles. The molecule has 0 amide bonds. The van der Waals surface area contributed by atoms with Gasteiger partial charge in [-0.05, 0) is 66.5 Å². The van der Waals surface area contributed by atoms with Gasteiger partial charge in [0.25, 0.3) is 0 Å². The molecule has 136 valence electrons. The largest absolute Gasteiger partial charge is 0.289 e. The molecule has 0 bridgehead atoms. The molecule has 3 nitrogen and oxygen atoms in total. The summed E-state index contributed by atoms with van der Waals surface area (Å²) in [5.41, 5.74) is 2.96. The lowest BCUT2D eigenvalue weighted by atomic mass is 9.77. The summed E-state index contributed by atoms with van der Waals surface area (Å²) in [7, 11) is -3.42. The number of hydrogen-bond donors (Lipinski definition) is 1. The van der Waals surface area contributed by atoms with Gasteiger partial charge in [-0.3, -0.25) is 4.79 Å². The van der Waals surface area contributed by atoms with E-state index in [1.807, 2.05) is 12.1 Å². The van der Waals surface area contributed by atoms with Gasteiger partial charge in [0.2, 0.25) is 0 Å². The Bertz CT molecular complexity index is 1010. The van der Waals surface area contributed by atoms with Crippen molar-refractivity contribution in [3.05, 3.63) is 47.5 Å². The number of fused-ring (bicyclic) bond motifs is 3. The summed E-state index contributed by atoms with van der Waals surface area (Å²) in [4.78, 5) is 13.7. The zero-order chi connectivity index (χ0) is 18.7. The van der Waals surface area contributed by atoms with Crippen molar-refractivity contribution in [3.8, 4) is 11.1 Å². The topological polar surface area (TPSA) is 51.2 Å². The quantitative estimate of drug-likeness (QED) is 0.636. The van der Waals surface area contributed by atoms with E-state index in [1.165, 1.54) is 0 Å². The second kappa shape index (κ2) is 5.96. The van der Waals surface area contributed by atoms with Crippen LogP contribution < -0.4 is 0 Å². The van der Waals surface area contributed by atoms with Crippen LogP contribution in [0.15, 0.2) is 46.2 Å². The standard InChI is InChI=1S/C21H22O3S2/c1-21(2)9-7-14(8-10-21)26(23,24)15-4-6-17-16-5-3-13(25)11-18(16)20(22)19(17)12-15/h3-6,11-12,14,25H,7-10H2,1-2H3. The molecule has 1 fully saturated rings. The molecule has 2 aromatic rings. The van der Waals surface area contributed by atoms with Gasteiger partial charge in [0, 0.05) is 16.0 Å². The second-order valence-electron chi connectivity index (χ2n) is 8.17. The molecular formula is C21H22O3S2. The van der Waals surface area contributed by atoms with E-state index in [0.29, 0.717) is 24.0 Å². The van der Waals surface area contributed by atoms with Crippen molar-refractivity contribution in [2.45, 2.75) is 54.6 Å². The Morgan fingerprint density at radius 2 is 1.50 bits per heavy atom. The predicted octanol–water partition coefficient (Wildman–Crippen LogP) is 4.93. The van der Waals surface area contributed by atoms with Gasteiger partial charge in [0.05, 0.1) is 10.1 Å². The third kappa shape index (κ3) is 2.81. The molecule has 0 aromatic heterocycles. The molecule has 0 spiro atoms. The first-order valence-corrected chi connectivity index (χ1v) is 10.9. The third-order valence-electron chi connectivity index (χ3n) is 5.83. The third-order valence-corrected chi connectivity index (χ3v) is 8.37. The summed E-state index contributed by atoms with van der Waals surface area (Å²) in [6.45, 7) is 4.38.